The lowest BCUT2D eigenvalue weighted by atomic mass is 9.92. The van der Waals surface area contributed by atoms with E-state index in [1.807, 2.05) is 26.0 Å². The van der Waals surface area contributed by atoms with Crippen molar-refractivity contribution in [3.63, 3.8) is 0 Å². The summed E-state index contributed by atoms with van der Waals surface area (Å²) >= 11 is 0. The minimum Gasteiger partial charge on any atom is -0.391 e. The SMILES string of the molecule is C=O.CC(C)(C)CC(=O)N1CCC(O)C1.CN.CNCc1ccc2c(CO)nccc2c1. The number of rotatable bonds is 4. The molecular weight excluding hydrogens is 408 g/mol. The van der Waals surface area contributed by atoms with E-state index in [-0.39, 0.29) is 24.0 Å². The Labute approximate surface area is 191 Å². The average Bonchev–Trinajstić information content (AvgIpc) is 3.22. The van der Waals surface area contributed by atoms with Crippen LogP contribution in [0.1, 0.15) is 44.9 Å². The van der Waals surface area contributed by atoms with Crippen LogP contribution in [0.5, 0.6) is 0 Å². The number of aromatic nitrogens is 1. The van der Waals surface area contributed by atoms with Crippen LogP contribution >= 0.6 is 0 Å². The highest BCUT2D eigenvalue weighted by Gasteiger charge is 2.27. The molecule has 1 saturated heterocycles. The molecule has 1 amide bonds. The summed E-state index contributed by atoms with van der Waals surface area (Å²) in [5.41, 5.74) is 6.52. The molecule has 1 aromatic carbocycles. The number of carbonyl (C=O) groups is 2. The number of carbonyl (C=O) groups excluding carboxylic acids is 2. The van der Waals surface area contributed by atoms with Gasteiger partial charge in [-0.15, -0.1) is 0 Å². The van der Waals surface area contributed by atoms with Crippen LogP contribution in [0, 0.1) is 5.41 Å². The van der Waals surface area contributed by atoms with Gasteiger partial charge >= 0.3 is 0 Å². The lowest BCUT2D eigenvalue weighted by molar-refractivity contribution is -0.132. The highest BCUT2D eigenvalue weighted by atomic mass is 16.3. The van der Waals surface area contributed by atoms with Crippen LogP contribution in [-0.4, -0.2) is 66.1 Å². The summed E-state index contributed by atoms with van der Waals surface area (Å²) in [5.74, 6) is 0.170. The highest BCUT2D eigenvalue weighted by molar-refractivity contribution is 5.84. The number of β-amino-alcohol motifs (C(OH)–C–C–N with tert-alkyl or cyclic N) is 1. The van der Waals surface area contributed by atoms with Crippen molar-refractivity contribution in [2.75, 3.05) is 27.2 Å². The summed E-state index contributed by atoms with van der Waals surface area (Å²) in [5, 5.41) is 23.7. The lowest BCUT2D eigenvalue weighted by Gasteiger charge is -2.22. The predicted octanol–water partition coefficient (Wildman–Crippen LogP) is 1.85. The Balaban J connectivity index is 0.000000525. The van der Waals surface area contributed by atoms with Crippen molar-refractivity contribution in [1.29, 1.82) is 0 Å². The number of aliphatic hydroxyl groups is 2. The Hall–Kier alpha value is -2.39. The second-order valence-electron chi connectivity index (χ2n) is 8.52. The quantitative estimate of drug-likeness (QED) is 0.562. The number of hydrogen-bond donors (Lipinski definition) is 4. The summed E-state index contributed by atoms with van der Waals surface area (Å²) in [7, 11) is 3.43. The zero-order chi connectivity index (χ0) is 24.7. The maximum absolute atomic E-state index is 11.6. The number of fused-ring (bicyclic) bond motifs is 1. The third-order valence-electron chi connectivity index (χ3n) is 4.64. The first kappa shape index (κ1) is 29.6. The molecule has 2 heterocycles. The van der Waals surface area contributed by atoms with Crippen LogP contribution in [0.2, 0.25) is 0 Å². The van der Waals surface area contributed by atoms with E-state index in [0.717, 1.165) is 36.0 Å². The normalized spacial score (nSPS) is 15.0. The molecule has 5 N–H and O–H groups in total. The Morgan fingerprint density at radius 3 is 2.44 bits per heavy atom. The van der Waals surface area contributed by atoms with E-state index in [9.17, 15) is 9.90 Å². The summed E-state index contributed by atoms with van der Waals surface area (Å²) in [6, 6.07) is 8.15. The van der Waals surface area contributed by atoms with E-state index in [0.29, 0.717) is 13.0 Å². The number of pyridine rings is 1. The topological polar surface area (TPSA) is 129 Å². The van der Waals surface area contributed by atoms with Crippen molar-refractivity contribution in [1.82, 2.24) is 15.2 Å². The second-order valence-corrected chi connectivity index (χ2v) is 8.52. The smallest absolute Gasteiger partial charge is 0.223 e. The molecule has 1 aliphatic heterocycles. The van der Waals surface area contributed by atoms with Gasteiger partial charge in [-0.3, -0.25) is 9.78 Å². The molecule has 1 aliphatic rings. The first-order chi connectivity index (χ1) is 15.2. The molecule has 0 radical (unpaired) electrons. The molecule has 180 valence electrons. The molecule has 2 aromatic rings. The van der Waals surface area contributed by atoms with Gasteiger partial charge in [0, 0.05) is 37.6 Å². The molecule has 3 rings (SSSR count). The maximum atomic E-state index is 11.6. The van der Waals surface area contributed by atoms with E-state index in [2.05, 4.69) is 48.9 Å². The fourth-order valence-electron chi connectivity index (χ4n) is 3.26. The number of likely N-dealkylation sites (tertiary alicyclic amines) is 1. The number of hydrogen-bond acceptors (Lipinski definition) is 7. The first-order valence-corrected chi connectivity index (χ1v) is 10.7. The summed E-state index contributed by atoms with van der Waals surface area (Å²) in [6.07, 6.45) is 2.73. The zero-order valence-electron chi connectivity index (χ0n) is 20.1. The van der Waals surface area contributed by atoms with E-state index in [1.54, 1.807) is 11.1 Å². The van der Waals surface area contributed by atoms with Gasteiger partial charge in [-0.2, -0.15) is 0 Å². The van der Waals surface area contributed by atoms with Crippen molar-refractivity contribution >= 4 is 23.5 Å². The fraction of sp³-hybridized carbons (Fsp3) is 0.542. The monoisotopic (exact) mass is 448 g/mol. The summed E-state index contributed by atoms with van der Waals surface area (Å²) < 4.78 is 0. The van der Waals surface area contributed by atoms with Crippen LogP contribution < -0.4 is 11.1 Å². The first-order valence-electron chi connectivity index (χ1n) is 10.7. The largest absolute Gasteiger partial charge is 0.391 e. The number of nitrogens with two attached hydrogens (primary N) is 1. The van der Waals surface area contributed by atoms with Crippen molar-refractivity contribution in [3.05, 3.63) is 41.7 Å². The summed E-state index contributed by atoms with van der Waals surface area (Å²) in [4.78, 5) is 25.5. The van der Waals surface area contributed by atoms with Crippen LogP contribution in [0.25, 0.3) is 10.8 Å². The Bertz CT molecular complexity index is 808. The van der Waals surface area contributed by atoms with E-state index in [1.165, 1.54) is 12.6 Å². The molecule has 32 heavy (non-hydrogen) atoms. The minimum absolute atomic E-state index is 0.0112. The van der Waals surface area contributed by atoms with E-state index >= 15 is 0 Å². The van der Waals surface area contributed by atoms with Gasteiger partial charge < -0.3 is 31.0 Å². The molecule has 1 aromatic heterocycles. The van der Waals surface area contributed by atoms with Gasteiger partial charge in [-0.1, -0.05) is 32.9 Å². The van der Waals surface area contributed by atoms with Crippen LogP contribution in [0.15, 0.2) is 30.5 Å². The number of amides is 1. The molecule has 0 aliphatic carbocycles. The van der Waals surface area contributed by atoms with Gasteiger partial charge in [0.1, 0.15) is 6.79 Å². The molecule has 0 bridgehead atoms. The number of aliphatic hydroxyl groups excluding tert-OH is 2. The third-order valence-corrected chi connectivity index (χ3v) is 4.64. The molecular formula is C24H40N4O4. The lowest BCUT2D eigenvalue weighted by Crippen LogP contribution is -2.32. The highest BCUT2D eigenvalue weighted by Crippen LogP contribution is 2.21. The fourth-order valence-corrected chi connectivity index (χ4v) is 3.26. The van der Waals surface area contributed by atoms with Gasteiger partial charge in [0.25, 0.3) is 0 Å². The van der Waals surface area contributed by atoms with Crippen molar-refractivity contribution in [2.45, 2.75) is 52.9 Å². The van der Waals surface area contributed by atoms with Crippen molar-refractivity contribution in [3.8, 4) is 0 Å². The Morgan fingerprint density at radius 1 is 1.28 bits per heavy atom. The van der Waals surface area contributed by atoms with Gasteiger partial charge in [0.05, 0.1) is 18.4 Å². The minimum atomic E-state index is -0.302. The molecule has 1 fully saturated rings. The van der Waals surface area contributed by atoms with Crippen molar-refractivity contribution in [2.24, 2.45) is 11.1 Å². The van der Waals surface area contributed by atoms with Crippen LogP contribution in [0.3, 0.4) is 0 Å². The maximum Gasteiger partial charge on any atom is 0.223 e. The zero-order valence-corrected chi connectivity index (χ0v) is 20.1. The van der Waals surface area contributed by atoms with Gasteiger partial charge in [-0.25, -0.2) is 0 Å². The molecule has 8 heteroatoms. The number of nitrogens with one attached hydrogen (secondary N) is 1. The molecule has 8 nitrogen and oxygen atoms in total. The van der Waals surface area contributed by atoms with Crippen LogP contribution in [-0.2, 0) is 22.7 Å². The molecule has 1 unspecified atom stereocenters. The molecule has 0 saturated carbocycles. The number of nitrogens with zero attached hydrogens (tertiary/aromatic N) is 2. The second kappa shape index (κ2) is 15.4. The van der Waals surface area contributed by atoms with E-state index in [4.69, 9.17) is 9.90 Å². The van der Waals surface area contributed by atoms with Gasteiger partial charge in [0.15, 0.2) is 0 Å². The van der Waals surface area contributed by atoms with Gasteiger partial charge in [0.2, 0.25) is 5.91 Å². The number of benzene rings is 1. The van der Waals surface area contributed by atoms with Crippen LogP contribution in [0.4, 0.5) is 0 Å². The molecule has 1 atom stereocenters. The average molecular weight is 449 g/mol. The van der Waals surface area contributed by atoms with Crippen molar-refractivity contribution < 1.29 is 19.8 Å². The standard InChI is InChI=1S/C12H14N2O.C10H19NO2.CH5N.CH2O/c1-13-7-9-2-3-11-10(6-9)4-5-14-12(11)8-15;1-10(2,3)6-9(13)11-5-4-8(12)7-11;2*1-2/h2-6,13,15H,7-8H2,1H3;8,12H,4-7H2,1-3H3;2H2,1H3;1H2. The van der Waals surface area contributed by atoms with Gasteiger partial charge in [-0.05, 0) is 49.0 Å². The third kappa shape index (κ3) is 10.3. The Morgan fingerprint density at radius 2 is 1.94 bits per heavy atom. The Kier molecular flexibility index (Phi) is 14.3. The summed E-state index contributed by atoms with van der Waals surface area (Å²) in [6.45, 7) is 10.2. The van der Waals surface area contributed by atoms with E-state index < -0.39 is 0 Å². The predicted molar refractivity (Wildman–Crippen MR) is 129 cm³/mol. The molecule has 0 spiro atoms.